The average molecular weight is 166 g/mol. The minimum Gasteiger partial charge on any atom is -0.300 e. The van der Waals surface area contributed by atoms with Crippen LogP contribution in [0.5, 0.6) is 0 Å². The lowest BCUT2D eigenvalue weighted by Crippen LogP contribution is -2.23. The largest absolute Gasteiger partial charge is 0.300 e. The molecule has 2 unspecified atom stereocenters. The Bertz CT molecular complexity index is 240. The summed E-state index contributed by atoms with van der Waals surface area (Å²) in [5, 5.41) is 0. The van der Waals surface area contributed by atoms with Crippen LogP contribution in [0, 0.1) is 11.3 Å². The zero-order valence-corrected chi connectivity index (χ0v) is 7.43. The van der Waals surface area contributed by atoms with Crippen LogP contribution >= 0.6 is 0 Å². The van der Waals surface area contributed by atoms with E-state index in [0.29, 0.717) is 30.8 Å². The van der Waals surface area contributed by atoms with Crippen LogP contribution in [0.4, 0.5) is 0 Å². The first kappa shape index (κ1) is 7.96. The molecule has 1 spiro atoms. The molecule has 2 nitrogen and oxygen atoms in total. The quantitative estimate of drug-likeness (QED) is 0.549. The summed E-state index contributed by atoms with van der Waals surface area (Å²) in [6, 6.07) is 0. The predicted molar refractivity (Wildman–Crippen MR) is 44.7 cm³/mol. The van der Waals surface area contributed by atoms with E-state index in [1.165, 1.54) is 0 Å². The van der Waals surface area contributed by atoms with Crippen molar-refractivity contribution in [3.63, 3.8) is 0 Å². The Balaban J connectivity index is 2.22. The molecule has 2 fully saturated rings. The molecule has 0 heterocycles. The van der Waals surface area contributed by atoms with Crippen molar-refractivity contribution < 1.29 is 9.59 Å². The highest BCUT2D eigenvalue weighted by Gasteiger charge is 2.49. The van der Waals surface area contributed by atoms with Gasteiger partial charge in [-0.1, -0.05) is 6.92 Å². The summed E-state index contributed by atoms with van der Waals surface area (Å²) in [6.45, 7) is 1.99. The van der Waals surface area contributed by atoms with Gasteiger partial charge in [0.1, 0.15) is 11.6 Å². The molecular weight excluding hydrogens is 152 g/mol. The highest BCUT2D eigenvalue weighted by atomic mass is 16.1. The Hall–Kier alpha value is -0.660. The molecule has 0 aliphatic heterocycles. The van der Waals surface area contributed by atoms with Crippen LogP contribution in [0.15, 0.2) is 0 Å². The van der Waals surface area contributed by atoms with Gasteiger partial charge in [-0.25, -0.2) is 0 Å². The molecule has 2 saturated carbocycles. The third kappa shape index (κ3) is 0.936. The van der Waals surface area contributed by atoms with E-state index < -0.39 is 0 Å². The van der Waals surface area contributed by atoms with Gasteiger partial charge in [0.15, 0.2) is 0 Å². The van der Waals surface area contributed by atoms with Crippen molar-refractivity contribution in [3.05, 3.63) is 0 Å². The van der Waals surface area contributed by atoms with Gasteiger partial charge in [-0.05, 0) is 18.3 Å². The fourth-order valence-electron chi connectivity index (χ4n) is 2.69. The molecule has 2 heteroatoms. The molecule has 0 N–H and O–H groups in total. The van der Waals surface area contributed by atoms with Gasteiger partial charge in [0, 0.05) is 25.2 Å². The number of hydrogen-bond donors (Lipinski definition) is 0. The third-order valence-electron chi connectivity index (χ3n) is 3.72. The Morgan fingerprint density at radius 2 is 1.92 bits per heavy atom. The molecule has 2 atom stereocenters. The van der Waals surface area contributed by atoms with Crippen LogP contribution in [-0.2, 0) is 9.59 Å². The van der Waals surface area contributed by atoms with Crippen LogP contribution in [0.1, 0.15) is 39.0 Å². The van der Waals surface area contributed by atoms with Crippen LogP contribution in [0.3, 0.4) is 0 Å². The molecule has 2 aliphatic carbocycles. The Morgan fingerprint density at radius 3 is 2.33 bits per heavy atom. The van der Waals surface area contributed by atoms with Gasteiger partial charge < -0.3 is 0 Å². The van der Waals surface area contributed by atoms with Crippen molar-refractivity contribution in [2.45, 2.75) is 39.0 Å². The normalized spacial score (nSPS) is 41.6. The first-order valence-corrected chi connectivity index (χ1v) is 4.68. The second-order valence-corrected chi connectivity index (χ2v) is 4.27. The fraction of sp³-hybridized carbons (Fsp3) is 0.800. The van der Waals surface area contributed by atoms with Gasteiger partial charge in [-0.15, -0.1) is 0 Å². The topological polar surface area (TPSA) is 34.1 Å². The summed E-state index contributed by atoms with van der Waals surface area (Å²) in [6.07, 6.45) is 3.99. The lowest BCUT2D eigenvalue weighted by Gasteiger charge is -2.25. The molecule has 0 aromatic heterocycles. The number of hydrogen-bond acceptors (Lipinski definition) is 2. The molecule has 12 heavy (non-hydrogen) atoms. The summed E-state index contributed by atoms with van der Waals surface area (Å²) in [4.78, 5) is 22.5. The van der Waals surface area contributed by atoms with E-state index in [0.717, 1.165) is 12.8 Å². The molecule has 0 aromatic rings. The van der Waals surface area contributed by atoms with E-state index in [1.54, 1.807) is 0 Å². The number of Topliss-reactive ketones (excluding diaryl/α,β-unsaturated/α-hetero) is 2. The van der Waals surface area contributed by atoms with Crippen LogP contribution in [-0.4, -0.2) is 11.6 Å². The maximum atomic E-state index is 11.3. The van der Waals surface area contributed by atoms with E-state index in [-0.39, 0.29) is 11.3 Å². The van der Waals surface area contributed by atoms with Gasteiger partial charge in [0.2, 0.25) is 0 Å². The van der Waals surface area contributed by atoms with Crippen molar-refractivity contribution in [2.24, 2.45) is 11.3 Å². The summed E-state index contributed by atoms with van der Waals surface area (Å²) in [7, 11) is 0. The van der Waals surface area contributed by atoms with E-state index in [9.17, 15) is 9.59 Å². The van der Waals surface area contributed by atoms with E-state index in [2.05, 4.69) is 0 Å². The number of ketones is 2. The lowest BCUT2D eigenvalue weighted by atomic mass is 9.77. The van der Waals surface area contributed by atoms with Crippen molar-refractivity contribution in [2.75, 3.05) is 0 Å². The van der Waals surface area contributed by atoms with Crippen LogP contribution in [0.25, 0.3) is 0 Å². The smallest absolute Gasteiger partial charge is 0.136 e. The lowest BCUT2D eigenvalue weighted by molar-refractivity contribution is -0.122. The Labute approximate surface area is 72.3 Å². The van der Waals surface area contributed by atoms with Crippen molar-refractivity contribution in [1.82, 2.24) is 0 Å². The molecule has 2 rings (SSSR count). The maximum Gasteiger partial charge on any atom is 0.136 e. The van der Waals surface area contributed by atoms with Gasteiger partial charge in [-0.3, -0.25) is 9.59 Å². The summed E-state index contributed by atoms with van der Waals surface area (Å²) in [5.74, 6) is 0.866. The third-order valence-corrected chi connectivity index (χ3v) is 3.72. The number of carbonyl (C=O) groups is 2. The SMILES string of the molecule is CC1C(=O)CCC12CCC(=O)C2. The zero-order valence-electron chi connectivity index (χ0n) is 7.43. The van der Waals surface area contributed by atoms with Crippen molar-refractivity contribution in [3.8, 4) is 0 Å². The minimum absolute atomic E-state index is 0.0914. The molecule has 66 valence electrons. The highest BCUT2D eigenvalue weighted by Crippen LogP contribution is 2.51. The summed E-state index contributed by atoms with van der Waals surface area (Å²) < 4.78 is 0. The van der Waals surface area contributed by atoms with Crippen LogP contribution < -0.4 is 0 Å². The Morgan fingerprint density at radius 1 is 1.25 bits per heavy atom. The predicted octanol–water partition coefficient (Wildman–Crippen LogP) is 1.72. The number of rotatable bonds is 0. The molecular formula is C10H14O2. The van der Waals surface area contributed by atoms with Gasteiger partial charge in [-0.2, -0.15) is 0 Å². The van der Waals surface area contributed by atoms with Crippen molar-refractivity contribution in [1.29, 1.82) is 0 Å². The van der Waals surface area contributed by atoms with Gasteiger partial charge in [0.25, 0.3) is 0 Å². The van der Waals surface area contributed by atoms with E-state index in [4.69, 9.17) is 0 Å². The molecule has 0 radical (unpaired) electrons. The molecule has 0 aromatic carbocycles. The summed E-state index contributed by atoms with van der Waals surface area (Å²) in [5.41, 5.74) is 0.0914. The summed E-state index contributed by atoms with van der Waals surface area (Å²) >= 11 is 0. The number of carbonyl (C=O) groups excluding carboxylic acids is 2. The van der Waals surface area contributed by atoms with Crippen LogP contribution in [0.2, 0.25) is 0 Å². The minimum atomic E-state index is 0.0914. The zero-order chi connectivity index (χ0) is 8.77. The Kier molecular flexibility index (Phi) is 1.60. The molecule has 0 bridgehead atoms. The fourth-order valence-corrected chi connectivity index (χ4v) is 2.69. The highest BCUT2D eigenvalue weighted by molar-refractivity contribution is 5.88. The standard InChI is InChI=1S/C10H14O2/c1-7-9(12)3-5-10(7)4-2-8(11)6-10/h7H,2-6H2,1H3. The molecule has 0 amide bonds. The average Bonchev–Trinajstić information content (AvgIpc) is 2.53. The first-order chi connectivity index (χ1) is 5.64. The van der Waals surface area contributed by atoms with E-state index >= 15 is 0 Å². The molecule has 0 saturated heterocycles. The first-order valence-electron chi connectivity index (χ1n) is 4.68. The van der Waals surface area contributed by atoms with Gasteiger partial charge >= 0.3 is 0 Å². The second kappa shape index (κ2) is 2.41. The second-order valence-electron chi connectivity index (χ2n) is 4.27. The molecule has 2 aliphatic rings. The van der Waals surface area contributed by atoms with Crippen molar-refractivity contribution >= 4 is 11.6 Å². The van der Waals surface area contributed by atoms with Gasteiger partial charge in [0.05, 0.1) is 0 Å². The maximum absolute atomic E-state index is 11.3. The monoisotopic (exact) mass is 166 g/mol. The van der Waals surface area contributed by atoms with E-state index in [1.807, 2.05) is 6.92 Å².